The lowest BCUT2D eigenvalue weighted by atomic mass is 10.1. The van der Waals surface area contributed by atoms with E-state index in [0.717, 1.165) is 12.1 Å². The van der Waals surface area contributed by atoms with Gasteiger partial charge in [-0.25, -0.2) is 0 Å². The number of hydrogen-bond donors (Lipinski definition) is 0. The minimum atomic E-state index is 0.786. The molecule has 2 heterocycles. The summed E-state index contributed by atoms with van der Waals surface area (Å²) in [6.45, 7) is 10.2. The Morgan fingerprint density at radius 2 is 1.63 bits per heavy atom. The van der Waals surface area contributed by atoms with Crippen molar-refractivity contribution in [1.82, 2.24) is 19.6 Å². The Labute approximate surface area is 118 Å². The van der Waals surface area contributed by atoms with E-state index in [1.54, 1.807) is 0 Å². The van der Waals surface area contributed by atoms with Gasteiger partial charge >= 0.3 is 0 Å². The molecular formula is C15H30N4. The molecule has 4 heteroatoms. The Balaban J connectivity index is 1.42. The third-order valence-electron chi connectivity index (χ3n) is 5.25. The molecule has 1 saturated carbocycles. The van der Waals surface area contributed by atoms with Crippen molar-refractivity contribution in [3.05, 3.63) is 0 Å². The van der Waals surface area contributed by atoms with Gasteiger partial charge in [-0.2, -0.15) is 0 Å². The van der Waals surface area contributed by atoms with Crippen molar-refractivity contribution in [2.45, 2.75) is 31.3 Å². The quantitative estimate of drug-likeness (QED) is 0.730. The molecule has 0 spiro atoms. The smallest absolute Gasteiger partial charge is 0.0232 e. The molecule has 0 N–H and O–H groups in total. The molecule has 0 bridgehead atoms. The second kappa shape index (κ2) is 6.08. The molecule has 1 aliphatic carbocycles. The van der Waals surface area contributed by atoms with Crippen LogP contribution in [0.4, 0.5) is 0 Å². The van der Waals surface area contributed by atoms with Gasteiger partial charge < -0.3 is 14.7 Å². The fourth-order valence-electron chi connectivity index (χ4n) is 3.46. The summed E-state index contributed by atoms with van der Waals surface area (Å²) >= 11 is 0. The number of hydrogen-bond acceptors (Lipinski definition) is 4. The van der Waals surface area contributed by atoms with E-state index in [9.17, 15) is 0 Å². The van der Waals surface area contributed by atoms with Gasteiger partial charge in [0.2, 0.25) is 0 Å². The van der Waals surface area contributed by atoms with Crippen molar-refractivity contribution < 1.29 is 0 Å². The monoisotopic (exact) mass is 266 g/mol. The van der Waals surface area contributed by atoms with Gasteiger partial charge in [-0.15, -0.1) is 0 Å². The van der Waals surface area contributed by atoms with E-state index in [1.807, 2.05) is 0 Å². The van der Waals surface area contributed by atoms with Gasteiger partial charge in [-0.05, 0) is 39.9 Å². The fraction of sp³-hybridized carbons (Fsp3) is 1.00. The summed E-state index contributed by atoms with van der Waals surface area (Å²) in [6, 6.07) is 1.73. The van der Waals surface area contributed by atoms with E-state index in [4.69, 9.17) is 0 Å². The average molecular weight is 266 g/mol. The first-order chi connectivity index (χ1) is 9.22. The molecular weight excluding hydrogens is 236 g/mol. The van der Waals surface area contributed by atoms with Gasteiger partial charge in [0.25, 0.3) is 0 Å². The Morgan fingerprint density at radius 1 is 0.895 bits per heavy atom. The fourth-order valence-corrected chi connectivity index (χ4v) is 3.46. The number of likely N-dealkylation sites (N-methyl/N-ethyl adjacent to an activating group) is 2. The minimum absolute atomic E-state index is 0.786. The largest absolute Gasteiger partial charge is 0.304 e. The van der Waals surface area contributed by atoms with Gasteiger partial charge in [0.05, 0.1) is 0 Å². The van der Waals surface area contributed by atoms with Crippen LogP contribution in [-0.4, -0.2) is 98.1 Å². The van der Waals surface area contributed by atoms with Gasteiger partial charge in [-0.1, -0.05) is 0 Å². The molecule has 3 rings (SSSR count). The Kier molecular flexibility index (Phi) is 4.42. The predicted molar refractivity (Wildman–Crippen MR) is 79.6 cm³/mol. The summed E-state index contributed by atoms with van der Waals surface area (Å²) < 4.78 is 0. The zero-order valence-corrected chi connectivity index (χ0v) is 12.7. The van der Waals surface area contributed by atoms with Crippen molar-refractivity contribution in [2.75, 3.05) is 66.5 Å². The Hall–Kier alpha value is -0.160. The van der Waals surface area contributed by atoms with E-state index < -0.39 is 0 Å². The van der Waals surface area contributed by atoms with Gasteiger partial charge in [0.1, 0.15) is 0 Å². The standard InChI is InChI=1S/C15H30N4/c1-16-7-10-18(11-8-16)6-5-15-13-19(14-3-4-14)12-9-17(15)2/h14-15H,3-13H2,1-2H3. The van der Waals surface area contributed by atoms with Gasteiger partial charge in [0.15, 0.2) is 0 Å². The van der Waals surface area contributed by atoms with Crippen LogP contribution in [0.3, 0.4) is 0 Å². The van der Waals surface area contributed by atoms with Crippen LogP contribution in [0.15, 0.2) is 0 Å². The molecule has 0 aromatic heterocycles. The Morgan fingerprint density at radius 3 is 2.32 bits per heavy atom. The van der Waals surface area contributed by atoms with E-state index in [1.165, 1.54) is 71.6 Å². The van der Waals surface area contributed by atoms with E-state index in [2.05, 4.69) is 33.7 Å². The summed E-state index contributed by atoms with van der Waals surface area (Å²) in [6.07, 6.45) is 4.26. The van der Waals surface area contributed by atoms with Crippen molar-refractivity contribution in [3.8, 4) is 0 Å². The molecule has 0 aromatic rings. The van der Waals surface area contributed by atoms with Crippen molar-refractivity contribution >= 4 is 0 Å². The SMILES string of the molecule is CN1CCN(CCC2CN(C3CC3)CCN2C)CC1. The predicted octanol–water partition coefficient (Wildman–Crippen LogP) is 0.402. The minimum Gasteiger partial charge on any atom is -0.304 e. The zero-order chi connectivity index (χ0) is 13.2. The normalized spacial score (nSPS) is 32.8. The molecule has 4 nitrogen and oxygen atoms in total. The topological polar surface area (TPSA) is 13.0 Å². The molecule has 3 fully saturated rings. The third kappa shape index (κ3) is 3.69. The summed E-state index contributed by atoms with van der Waals surface area (Å²) in [7, 11) is 4.55. The maximum atomic E-state index is 2.74. The maximum Gasteiger partial charge on any atom is 0.0232 e. The number of rotatable bonds is 4. The summed E-state index contributed by atoms with van der Waals surface area (Å²) in [5.74, 6) is 0. The second-order valence-electron chi connectivity index (χ2n) is 6.79. The molecule has 0 radical (unpaired) electrons. The van der Waals surface area contributed by atoms with Crippen LogP contribution >= 0.6 is 0 Å². The highest BCUT2D eigenvalue weighted by molar-refractivity contribution is 4.91. The van der Waals surface area contributed by atoms with Gasteiger partial charge in [0, 0.05) is 57.9 Å². The molecule has 2 saturated heterocycles. The molecule has 0 amide bonds. The van der Waals surface area contributed by atoms with E-state index >= 15 is 0 Å². The first-order valence-corrected chi connectivity index (χ1v) is 8.07. The van der Waals surface area contributed by atoms with Crippen LogP contribution in [0.1, 0.15) is 19.3 Å². The lowest BCUT2D eigenvalue weighted by molar-refractivity contribution is 0.0714. The zero-order valence-electron chi connectivity index (χ0n) is 12.7. The first-order valence-electron chi connectivity index (χ1n) is 8.07. The number of piperazine rings is 2. The molecule has 110 valence electrons. The first kappa shape index (κ1) is 13.8. The van der Waals surface area contributed by atoms with Crippen molar-refractivity contribution in [3.63, 3.8) is 0 Å². The lowest BCUT2D eigenvalue weighted by Gasteiger charge is -2.41. The lowest BCUT2D eigenvalue weighted by Crippen LogP contribution is -2.53. The van der Waals surface area contributed by atoms with Crippen LogP contribution < -0.4 is 0 Å². The highest BCUT2D eigenvalue weighted by atomic mass is 15.3. The van der Waals surface area contributed by atoms with Crippen molar-refractivity contribution in [2.24, 2.45) is 0 Å². The maximum absolute atomic E-state index is 2.74. The Bertz CT molecular complexity index is 284. The molecule has 2 aliphatic heterocycles. The number of nitrogens with zero attached hydrogens (tertiary/aromatic N) is 4. The molecule has 0 aromatic carbocycles. The highest BCUT2D eigenvalue weighted by Crippen LogP contribution is 2.29. The van der Waals surface area contributed by atoms with Crippen LogP contribution in [0.25, 0.3) is 0 Å². The van der Waals surface area contributed by atoms with Crippen LogP contribution in [0.2, 0.25) is 0 Å². The summed E-state index contributed by atoms with van der Waals surface area (Å²) in [4.78, 5) is 10.4. The molecule has 3 aliphatic rings. The van der Waals surface area contributed by atoms with Crippen molar-refractivity contribution in [1.29, 1.82) is 0 Å². The third-order valence-corrected chi connectivity index (χ3v) is 5.25. The summed E-state index contributed by atoms with van der Waals surface area (Å²) in [5.41, 5.74) is 0. The van der Waals surface area contributed by atoms with Crippen LogP contribution in [-0.2, 0) is 0 Å². The van der Waals surface area contributed by atoms with E-state index in [0.29, 0.717) is 0 Å². The van der Waals surface area contributed by atoms with Crippen LogP contribution in [0, 0.1) is 0 Å². The second-order valence-corrected chi connectivity index (χ2v) is 6.79. The molecule has 1 unspecified atom stereocenters. The van der Waals surface area contributed by atoms with Crippen LogP contribution in [0.5, 0.6) is 0 Å². The van der Waals surface area contributed by atoms with E-state index in [-0.39, 0.29) is 0 Å². The molecule has 19 heavy (non-hydrogen) atoms. The van der Waals surface area contributed by atoms with Gasteiger partial charge in [-0.3, -0.25) is 4.90 Å². The summed E-state index contributed by atoms with van der Waals surface area (Å²) in [5, 5.41) is 0. The average Bonchev–Trinajstić information content (AvgIpc) is 3.24. The highest BCUT2D eigenvalue weighted by Gasteiger charge is 2.34. The molecule has 1 atom stereocenters.